The van der Waals surface area contributed by atoms with Crippen LogP contribution >= 0.6 is 27.5 Å². The average molecular weight is 375 g/mol. The molecule has 0 aromatic heterocycles. The summed E-state index contributed by atoms with van der Waals surface area (Å²) in [6.07, 6.45) is 0. The molecular weight excluding hydrogens is 358 g/mol. The van der Waals surface area contributed by atoms with Crippen LogP contribution in [0.1, 0.15) is 10.4 Å². The van der Waals surface area contributed by atoms with E-state index in [2.05, 4.69) is 15.9 Å². The highest BCUT2D eigenvalue weighted by molar-refractivity contribution is 9.10. The number of hydrogen-bond donors (Lipinski definition) is 0. The predicted octanol–water partition coefficient (Wildman–Crippen LogP) is 2.54. The molecule has 0 unspecified atom stereocenters. The van der Waals surface area contributed by atoms with Gasteiger partial charge in [0, 0.05) is 50.3 Å². The standard InChI is InChI=1S/C14H17BrClN3O2/c1-17(2)14(21)19-7-5-18(6-8-19)13(20)10-3-4-12(16)11(15)9-10/h3-4,9H,5-8H2,1-2H3. The van der Waals surface area contributed by atoms with E-state index >= 15 is 0 Å². The van der Waals surface area contributed by atoms with Gasteiger partial charge in [-0.25, -0.2) is 4.79 Å². The average Bonchev–Trinajstić information content (AvgIpc) is 2.48. The first-order chi connectivity index (χ1) is 9.90. The molecule has 1 fully saturated rings. The molecule has 21 heavy (non-hydrogen) atoms. The van der Waals surface area contributed by atoms with Crippen molar-refractivity contribution in [1.82, 2.24) is 14.7 Å². The molecule has 5 nitrogen and oxygen atoms in total. The van der Waals surface area contributed by atoms with E-state index in [0.29, 0.717) is 41.2 Å². The molecule has 0 N–H and O–H groups in total. The molecule has 1 aromatic rings. The summed E-state index contributed by atoms with van der Waals surface area (Å²) in [6.45, 7) is 2.19. The normalized spacial score (nSPS) is 15.0. The Labute approximate surface area is 137 Å². The van der Waals surface area contributed by atoms with Crippen LogP contribution in [0.3, 0.4) is 0 Å². The highest BCUT2D eigenvalue weighted by Crippen LogP contribution is 2.24. The van der Waals surface area contributed by atoms with Gasteiger partial charge in [0.2, 0.25) is 0 Å². The zero-order chi connectivity index (χ0) is 15.6. The summed E-state index contributed by atoms with van der Waals surface area (Å²) < 4.78 is 0.705. The van der Waals surface area contributed by atoms with Crippen molar-refractivity contribution in [3.8, 4) is 0 Å². The summed E-state index contributed by atoms with van der Waals surface area (Å²) in [4.78, 5) is 29.3. The fourth-order valence-electron chi connectivity index (χ4n) is 2.20. The number of piperazine rings is 1. The minimum atomic E-state index is -0.0377. The van der Waals surface area contributed by atoms with Crippen LogP contribution in [-0.4, -0.2) is 66.9 Å². The molecule has 0 aliphatic carbocycles. The molecule has 1 saturated heterocycles. The van der Waals surface area contributed by atoms with Gasteiger partial charge in [-0.1, -0.05) is 11.6 Å². The van der Waals surface area contributed by atoms with Crippen molar-refractivity contribution in [3.05, 3.63) is 33.3 Å². The first kappa shape index (κ1) is 16.1. The van der Waals surface area contributed by atoms with Gasteiger partial charge in [0.15, 0.2) is 0 Å². The highest BCUT2D eigenvalue weighted by atomic mass is 79.9. The van der Waals surface area contributed by atoms with Gasteiger partial charge in [0.1, 0.15) is 0 Å². The monoisotopic (exact) mass is 373 g/mol. The predicted molar refractivity (Wildman–Crippen MR) is 85.7 cm³/mol. The number of rotatable bonds is 1. The lowest BCUT2D eigenvalue weighted by molar-refractivity contribution is 0.0650. The van der Waals surface area contributed by atoms with Gasteiger partial charge in [-0.2, -0.15) is 0 Å². The Balaban J connectivity index is 2.00. The minimum absolute atomic E-state index is 0.0173. The van der Waals surface area contributed by atoms with Crippen molar-refractivity contribution in [2.45, 2.75) is 0 Å². The number of benzene rings is 1. The molecule has 0 saturated carbocycles. The van der Waals surface area contributed by atoms with Crippen LogP contribution in [0.5, 0.6) is 0 Å². The largest absolute Gasteiger partial charge is 0.335 e. The number of amides is 3. The third-order valence-electron chi connectivity index (χ3n) is 3.39. The molecule has 1 aliphatic rings. The third-order valence-corrected chi connectivity index (χ3v) is 4.60. The Kier molecular flexibility index (Phi) is 5.11. The summed E-state index contributed by atoms with van der Waals surface area (Å²) in [7, 11) is 3.45. The Morgan fingerprint density at radius 2 is 1.71 bits per heavy atom. The Morgan fingerprint density at radius 3 is 2.24 bits per heavy atom. The molecule has 0 spiro atoms. The molecule has 1 aliphatic heterocycles. The summed E-state index contributed by atoms with van der Waals surface area (Å²) in [5.74, 6) is -0.0377. The fourth-order valence-corrected chi connectivity index (χ4v) is 2.69. The topological polar surface area (TPSA) is 43.9 Å². The first-order valence-electron chi connectivity index (χ1n) is 6.60. The van der Waals surface area contributed by atoms with E-state index in [1.54, 1.807) is 47.0 Å². The maximum atomic E-state index is 12.4. The maximum absolute atomic E-state index is 12.4. The molecule has 0 bridgehead atoms. The van der Waals surface area contributed by atoms with Crippen molar-refractivity contribution in [2.24, 2.45) is 0 Å². The van der Waals surface area contributed by atoms with Crippen molar-refractivity contribution in [1.29, 1.82) is 0 Å². The van der Waals surface area contributed by atoms with Crippen molar-refractivity contribution in [2.75, 3.05) is 40.3 Å². The van der Waals surface area contributed by atoms with Crippen molar-refractivity contribution in [3.63, 3.8) is 0 Å². The highest BCUT2D eigenvalue weighted by Gasteiger charge is 2.25. The van der Waals surface area contributed by atoms with E-state index < -0.39 is 0 Å². The summed E-state index contributed by atoms with van der Waals surface area (Å²) in [6, 6.07) is 5.12. The van der Waals surface area contributed by atoms with Crippen molar-refractivity contribution >= 4 is 39.5 Å². The summed E-state index contributed by atoms with van der Waals surface area (Å²) >= 11 is 9.26. The van der Waals surface area contributed by atoms with Crippen LogP contribution in [0.2, 0.25) is 5.02 Å². The second-order valence-electron chi connectivity index (χ2n) is 5.09. The van der Waals surface area contributed by atoms with Crippen molar-refractivity contribution < 1.29 is 9.59 Å². The van der Waals surface area contributed by atoms with Gasteiger partial charge in [-0.3, -0.25) is 4.79 Å². The number of hydrogen-bond acceptors (Lipinski definition) is 2. The minimum Gasteiger partial charge on any atom is -0.335 e. The Bertz CT molecular complexity index is 557. The van der Waals surface area contributed by atoms with Gasteiger partial charge in [-0.15, -0.1) is 0 Å². The summed E-state index contributed by atoms with van der Waals surface area (Å²) in [5.41, 5.74) is 0.596. The molecular formula is C14H17BrClN3O2. The van der Waals surface area contributed by atoms with E-state index in [1.807, 2.05) is 0 Å². The van der Waals surface area contributed by atoms with Gasteiger partial charge in [0.25, 0.3) is 5.91 Å². The van der Waals surface area contributed by atoms with Crippen LogP contribution in [0, 0.1) is 0 Å². The molecule has 3 amide bonds. The SMILES string of the molecule is CN(C)C(=O)N1CCN(C(=O)c2ccc(Cl)c(Br)c2)CC1. The number of nitrogens with zero attached hydrogens (tertiary/aromatic N) is 3. The molecule has 114 valence electrons. The zero-order valence-electron chi connectivity index (χ0n) is 12.0. The van der Waals surface area contributed by atoms with Crippen LogP contribution < -0.4 is 0 Å². The second-order valence-corrected chi connectivity index (χ2v) is 6.35. The molecule has 2 rings (SSSR count). The number of carbonyl (C=O) groups is 2. The van der Waals surface area contributed by atoms with Gasteiger partial charge >= 0.3 is 6.03 Å². The van der Waals surface area contributed by atoms with Gasteiger partial charge in [0.05, 0.1) is 5.02 Å². The lowest BCUT2D eigenvalue weighted by atomic mass is 10.2. The number of carbonyl (C=O) groups excluding carboxylic acids is 2. The quantitative estimate of drug-likeness (QED) is 0.758. The van der Waals surface area contributed by atoms with Crippen LogP contribution in [0.25, 0.3) is 0 Å². The molecule has 1 heterocycles. The smallest absolute Gasteiger partial charge is 0.319 e. The Morgan fingerprint density at radius 1 is 1.14 bits per heavy atom. The van der Waals surface area contributed by atoms with Crippen LogP contribution in [-0.2, 0) is 0 Å². The lowest BCUT2D eigenvalue weighted by Crippen LogP contribution is -2.52. The summed E-state index contributed by atoms with van der Waals surface area (Å²) in [5, 5.41) is 0.577. The van der Waals surface area contributed by atoms with Crippen LogP contribution in [0.4, 0.5) is 4.79 Å². The van der Waals surface area contributed by atoms with E-state index in [9.17, 15) is 9.59 Å². The zero-order valence-corrected chi connectivity index (χ0v) is 14.3. The van der Waals surface area contributed by atoms with E-state index in [0.717, 1.165) is 0 Å². The maximum Gasteiger partial charge on any atom is 0.319 e. The van der Waals surface area contributed by atoms with E-state index in [-0.39, 0.29) is 11.9 Å². The van der Waals surface area contributed by atoms with Gasteiger partial charge in [-0.05, 0) is 34.1 Å². The molecule has 0 atom stereocenters. The van der Waals surface area contributed by atoms with E-state index in [1.165, 1.54) is 0 Å². The van der Waals surface area contributed by atoms with E-state index in [4.69, 9.17) is 11.6 Å². The van der Waals surface area contributed by atoms with Gasteiger partial charge < -0.3 is 14.7 Å². The Hall–Kier alpha value is -1.27. The van der Waals surface area contributed by atoms with Crippen LogP contribution in [0.15, 0.2) is 22.7 Å². The fraction of sp³-hybridized carbons (Fsp3) is 0.429. The number of urea groups is 1. The number of halogens is 2. The second kappa shape index (κ2) is 6.66. The molecule has 0 radical (unpaired) electrons. The first-order valence-corrected chi connectivity index (χ1v) is 7.78. The molecule has 1 aromatic carbocycles. The molecule has 7 heteroatoms. The third kappa shape index (κ3) is 3.68. The lowest BCUT2D eigenvalue weighted by Gasteiger charge is -2.36.